The summed E-state index contributed by atoms with van der Waals surface area (Å²) >= 11 is 3.66. The quantitative estimate of drug-likeness (QED) is 0.805. The van der Waals surface area contributed by atoms with E-state index in [2.05, 4.69) is 27.5 Å². The third-order valence-corrected chi connectivity index (χ3v) is 7.32. The van der Waals surface area contributed by atoms with Crippen LogP contribution in [0.2, 0.25) is 0 Å². The minimum absolute atomic E-state index is 0.537. The van der Waals surface area contributed by atoms with Crippen LogP contribution < -0.4 is 9.70 Å². The summed E-state index contributed by atoms with van der Waals surface area (Å²) in [5.41, 5.74) is 1.36. The molecule has 1 saturated carbocycles. The molecule has 1 aliphatic heterocycles. The molecule has 3 heterocycles. The van der Waals surface area contributed by atoms with E-state index in [1.807, 2.05) is 22.7 Å². The van der Waals surface area contributed by atoms with Gasteiger partial charge in [0, 0.05) is 18.3 Å². The Morgan fingerprint density at radius 3 is 2.77 bits per heavy atom. The second-order valence-electron chi connectivity index (χ2n) is 7.42. The molecule has 2 aromatic heterocycles. The highest BCUT2D eigenvalue weighted by atomic mass is 32.1. The summed E-state index contributed by atoms with van der Waals surface area (Å²) in [7, 11) is 0. The Morgan fingerprint density at radius 1 is 1.15 bits per heavy atom. The average Bonchev–Trinajstić information content (AvgIpc) is 3.34. The summed E-state index contributed by atoms with van der Waals surface area (Å²) in [5.74, 6) is 0. The number of thiazole rings is 1. The van der Waals surface area contributed by atoms with Crippen molar-refractivity contribution in [3.63, 3.8) is 0 Å². The Hall–Kier alpha value is -0.950. The van der Waals surface area contributed by atoms with Crippen molar-refractivity contribution < 1.29 is 9.64 Å². The molecule has 1 aliphatic carbocycles. The van der Waals surface area contributed by atoms with Crippen molar-refractivity contribution in [1.29, 1.82) is 0 Å². The lowest BCUT2D eigenvalue weighted by molar-refractivity contribution is -0.908. The molecule has 2 aliphatic rings. The lowest BCUT2D eigenvalue weighted by Crippen LogP contribution is -3.14. The van der Waals surface area contributed by atoms with Crippen LogP contribution in [0.5, 0.6) is 0 Å². The third kappa shape index (κ3) is 4.66. The van der Waals surface area contributed by atoms with E-state index in [-0.39, 0.29) is 0 Å². The molecule has 0 bridgehead atoms. The predicted octanol–water partition coefficient (Wildman–Crippen LogP) is 2.82. The standard InChI is InChI=1S/C20H29N3OS2/c1-2-6-17(7-3-1)21-20-23(10-5-9-22-11-13-24-14-12-22)18(16-26-20)19-8-4-15-25-19/h4,8,15-17H,1-3,5-7,9-14H2/p+1. The number of rotatable bonds is 6. The van der Waals surface area contributed by atoms with Crippen LogP contribution in [0.4, 0.5) is 0 Å². The fraction of sp³-hybridized carbons (Fsp3) is 0.650. The normalized spacial score (nSPS) is 20.7. The summed E-state index contributed by atoms with van der Waals surface area (Å²) in [6.45, 7) is 6.47. The molecule has 4 nitrogen and oxygen atoms in total. The SMILES string of the molecule is c1csc(-c2csc(=NC3CCCCC3)n2CCC[NH+]2CCOCC2)c1. The maximum Gasteiger partial charge on any atom is 0.185 e. The molecular formula is C20H30N3OS2+. The van der Waals surface area contributed by atoms with Crippen LogP contribution >= 0.6 is 22.7 Å². The lowest BCUT2D eigenvalue weighted by atomic mass is 9.96. The molecule has 6 heteroatoms. The van der Waals surface area contributed by atoms with Crippen molar-refractivity contribution in [1.82, 2.24) is 4.57 Å². The van der Waals surface area contributed by atoms with Gasteiger partial charge in [0.1, 0.15) is 13.1 Å². The van der Waals surface area contributed by atoms with E-state index in [9.17, 15) is 0 Å². The van der Waals surface area contributed by atoms with Crippen LogP contribution in [0.3, 0.4) is 0 Å². The molecule has 1 N–H and O–H groups in total. The zero-order valence-corrected chi connectivity index (χ0v) is 17.1. The first-order valence-corrected chi connectivity index (χ1v) is 11.8. The molecule has 1 saturated heterocycles. The maximum absolute atomic E-state index is 5.49. The first-order chi connectivity index (χ1) is 12.9. The van der Waals surface area contributed by atoms with Crippen molar-refractivity contribution in [2.24, 2.45) is 4.99 Å². The number of aromatic nitrogens is 1. The zero-order valence-electron chi connectivity index (χ0n) is 15.5. The number of quaternary nitrogens is 1. The van der Waals surface area contributed by atoms with Gasteiger partial charge < -0.3 is 14.2 Å². The van der Waals surface area contributed by atoms with E-state index in [1.54, 1.807) is 4.90 Å². The predicted molar refractivity (Wildman–Crippen MR) is 109 cm³/mol. The van der Waals surface area contributed by atoms with Gasteiger partial charge in [-0.3, -0.25) is 4.99 Å². The molecule has 0 radical (unpaired) electrons. The molecule has 26 heavy (non-hydrogen) atoms. The second-order valence-corrected chi connectivity index (χ2v) is 9.20. The number of hydrogen-bond donors (Lipinski definition) is 1. The smallest absolute Gasteiger partial charge is 0.185 e. The lowest BCUT2D eigenvalue weighted by Gasteiger charge is -2.23. The maximum atomic E-state index is 5.49. The molecule has 2 aromatic rings. The topological polar surface area (TPSA) is 31.0 Å². The van der Waals surface area contributed by atoms with E-state index < -0.39 is 0 Å². The molecule has 0 atom stereocenters. The molecule has 2 fully saturated rings. The van der Waals surface area contributed by atoms with Crippen LogP contribution in [0.15, 0.2) is 27.9 Å². The highest BCUT2D eigenvalue weighted by Crippen LogP contribution is 2.26. The number of ether oxygens (including phenoxy) is 1. The van der Waals surface area contributed by atoms with Gasteiger partial charge in [0.25, 0.3) is 0 Å². The number of nitrogens with one attached hydrogen (secondary N) is 1. The first-order valence-electron chi connectivity index (χ1n) is 10.1. The molecular weight excluding hydrogens is 362 g/mol. The zero-order chi connectivity index (χ0) is 17.6. The Morgan fingerprint density at radius 2 is 2.00 bits per heavy atom. The Balaban J connectivity index is 1.51. The van der Waals surface area contributed by atoms with E-state index >= 15 is 0 Å². The van der Waals surface area contributed by atoms with Crippen LogP contribution in [-0.2, 0) is 11.3 Å². The third-order valence-electron chi connectivity index (χ3n) is 5.55. The van der Waals surface area contributed by atoms with E-state index in [0.29, 0.717) is 6.04 Å². The van der Waals surface area contributed by atoms with Gasteiger partial charge >= 0.3 is 0 Å². The van der Waals surface area contributed by atoms with Crippen LogP contribution in [-0.4, -0.2) is 43.5 Å². The van der Waals surface area contributed by atoms with Crippen molar-refractivity contribution in [3.05, 3.63) is 27.7 Å². The number of nitrogens with zero attached hydrogens (tertiary/aromatic N) is 2. The van der Waals surface area contributed by atoms with Gasteiger partial charge in [0.15, 0.2) is 4.80 Å². The summed E-state index contributed by atoms with van der Waals surface area (Å²) in [4.78, 5) is 9.46. The number of morpholine rings is 1. The van der Waals surface area contributed by atoms with Crippen molar-refractivity contribution in [2.75, 3.05) is 32.8 Å². The van der Waals surface area contributed by atoms with Crippen LogP contribution in [0, 0.1) is 0 Å². The van der Waals surface area contributed by atoms with Crippen molar-refractivity contribution in [3.8, 4) is 10.6 Å². The van der Waals surface area contributed by atoms with Gasteiger partial charge in [-0.2, -0.15) is 0 Å². The molecule has 0 aromatic carbocycles. The molecule has 0 spiro atoms. The fourth-order valence-corrected chi connectivity index (χ4v) is 5.86. The second kappa shape index (κ2) is 9.31. The highest BCUT2D eigenvalue weighted by Gasteiger charge is 2.16. The van der Waals surface area contributed by atoms with Gasteiger partial charge in [-0.25, -0.2) is 0 Å². The fourth-order valence-electron chi connectivity index (χ4n) is 4.03. The Bertz CT molecular complexity index is 723. The van der Waals surface area contributed by atoms with Crippen molar-refractivity contribution in [2.45, 2.75) is 51.1 Å². The van der Waals surface area contributed by atoms with Gasteiger partial charge in [0.05, 0.1) is 36.4 Å². The van der Waals surface area contributed by atoms with Crippen LogP contribution in [0.25, 0.3) is 10.6 Å². The molecule has 0 amide bonds. The minimum Gasteiger partial charge on any atom is -0.370 e. The number of thiophene rings is 1. The summed E-state index contributed by atoms with van der Waals surface area (Å²) in [5, 5.41) is 4.49. The number of hydrogen-bond acceptors (Lipinski definition) is 4. The minimum atomic E-state index is 0.537. The van der Waals surface area contributed by atoms with E-state index in [0.717, 1.165) is 32.8 Å². The molecule has 4 rings (SSSR count). The van der Waals surface area contributed by atoms with Gasteiger partial charge in [-0.05, 0) is 24.3 Å². The van der Waals surface area contributed by atoms with Gasteiger partial charge in [-0.15, -0.1) is 22.7 Å². The molecule has 0 unspecified atom stereocenters. The van der Waals surface area contributed by atoms with Gasteiger partial charge in [0.2, 0.25) is 0 Å². The van der Waals surface area contributed by atoms with Gasteiger partial charge in [-0.1, -0.05) is 25.3 Å². The highest BCUT2D eigenvalue weighted by molar-refractivity contribution is 7.14. The van der Waals surface area contributed by atoms with E-state index in [4.69, 9.17) is 9.73 Å². The van der Waals surface area contributed by atoms with E-state index in [1.165, 1.54) is 60.4 Å². The summed E-state index contributed by atoms with van der Waals surface area (Å²) in [6, 6.07) is 4.92. The molecule has 142 valence electrons. The summed E-state index contributed by atoms with van der Waals surface area (Å²) in [6.07, 6.45) is 7.82. The monoisotopic (exact) mass is 392 g/mol. The van der Waals surface area contributed by atoms with Crippen LogP contribution in [0.1, 0.15) is 38.5 Å². The summed E-state index contributed by atoms with van der Waals surface area (Å²) < 4.78 is 7.98. The first kappa shape index (κ1) is 18.4. The van der Waals surface area contributed by atoms with Crippen molar-refractivity contribution >= 4 is 22.7 Å². The Labute approximate surface area is 164 Å². The largest absolute Gasteiger partial charge is 0.370 e. The average molecular weight is 393 g/mol. The Kier molecular flexibility index (Phi) is 6.59.